The van der Waals surface area contributed by atoms with Gasteiger partial charge < -0.3 is 4.74 Å². The van der Waals surface area contributed by atoms with Crippen LogP contribution in [0.4, 0.5) is 4.39 Å². The van der Waals surface area contributed by atoms with Gasteiger partial charge in [-0.05, 0) is 30.7 Å². The molecule has 0 fully saturated rings. The van der Waals surface area contributed by atoms with Gasteiger partial charge in [-0.3, -0.25) is 0 Å². The molecule has 2 rings (SSSR count). The zero-order chi connectivity index (χ0) is 23.0. The molecule has 2 unspecified atom stereocenters. The van der Waals surface area contributed by atoms with Crippen LogP contribution >= 0.6 is 0 Å². The predicted octanol–water partition coefficient (Wildman–Crippen LogP) is 8.37. The first-order valence-electron chi connectivity index (χ1n) is 12.8. The first-order chi connectivity index (χ1) is 15.6. The Bertz CT molecular complexity index is 717. The van der Waals surface area contributed by atoms with Crippen molar-refractivity contribution < 1.29 is 9.13 Å². The van der Waals surface area contributed by atoms with Crippen LogP contribution in [0, 0.1) is 5.92 Å². The molecule has 1 aromatic heterocycles. The van der Waals surface area contributed by atoms with Crippen molar-refractivity contribution in [2.45, 2.75) is 104 Å². The van der Waals surface area contributed by atoms with E-state index in [0.29, 0.717) is 11.6 Å². The Morgan fingerprint density at radius 3 is 2.03 bits per heavy atom. The van der Waals surface area contributed by atoms with Gasteiger partial charge in [-0.15, -0.1) is 0 Å². The Balaban J connectivity index is 1.71. The van der Waals surface area contributed by atoms with Gasteiger partial charge >= 0.3 is 0 Å². The van der Waals surface area contributed by atoms with E-state index in [0.717, 1.165) is 31.2 Å². The first-order valence-corrected chi connectivity index (χ1v) is 12.8. The smallest absolute Gasteiger partial charge is 0.159 e. The molecule has 178 valence electrons. The van der Waals surface area contributed by atoms with E-state index in [9.17, 15) is 4.39 Å². The zero-order valence-corrected chi connectivity index (χ0v) is 20.5. The maximum atomic E-state index is 14.2. The van der Waals surface area contributed by atoms with Crippen molar-refractivity contribution >= 4 is 0 Å². The summed E-state index contributed by atoms with van der Waals surface area (Å²) in [6, 6.07) is 8.53. The molecule has 0 aliphatic heterocycles. The fraction of sp³-hybridized carbons (Fsp3) is 0.643. The number of aromatic nitrogens is 2. The van der Waals surface area contributed by atoms with Crippen LogP contribution in [0.25, 0.3) is 11.4 Å². The van der Waals surface area contributed by atoms with Crippen molar-refractivity contribution in [3.63, 3.8) is 0 Å². The third-order valence-electron chi connectivity index (χ3n) is 6.20. The van der Waals surface area contributed by atoms with E-state index < -0.39 is 6.17 Å². The standard InChI is InChI=1S/C28H43FN2O/c1-4-6-8-9-10-11-12-13-15-24-16-18-25(19-17-24)28-30-20-26(21-31-28)32-22-27(29)23(3)14-7-5-2/h16-21,23,27H,4-15,22H2,1-3H3. The van der Waals surface area contributed by atoms with Crippen LogP contribution in [-0.4, -0.2) is 22.7 Å². The second-order valence-electron chi connectivity index (χ2n) is 9.11. The number of alkyl halides is 1. The number of aryl methyl sites for hydroxylation is 1. The topological polar surface area (TPSA) is 35.0 Å². The van der Waals surface area contributed by atoms with Gasteiger partial charge in [-0.25, -0.2) is 14.4 Å². The van der Waals surface area contributed by atoms with E-state index in [-0.39, 0.29) is 12.5 Å². The minimum absolute atomic E-state index is 0.0134. The van der Waals surface area contributed by atoms with Gasteiger partial charge in [-0.2, -0.15) is 0 Å². The number of hydrogen-bond donors (Lipinski definition) is 0. The van der Waals surface area contributed by atoms with E-state index in [2.05, 4.69) is 48.1 Å². The highest BCUT2D eigenvalue weighted by Gasteiger charge is 2.16. The molecule has 4 heteroatoms. The lowest BCUT2D eigenvalue weighted by molar-refractivity contribution is 0.141. The molecule has 0 aliphatic carbocycles. The summed E-state index contributed by atoms with van der Waals surface area (Å²) in [5.74, 6) is 1.20. The van der Waals surface area contributed by atoms with Gasteiger partial charge in [0, 0.05) is 5.56 Å². The summed E-state index contributed by atoms with van der Waals surface area (Å²) in [4.78, 5) is 8.82. The second-order valence-corrected chi connectivity index (χ2v) is 9.11. The Labute approximate surface area is 195 Å². The molecule has 0 spiro atoms. The normalized spacial score (nSPS) is 13.1. The van der Waals surface area contributed by atoms with Gasteiger partial charge in [0.05, 0.1) is 12.4 Å². The molecule has 1 heterocycles. The molecule has 0 N–H and O–H groups in total. The molecule has 2 atom stereocenters. The van der Waals surface area contributed by atoms with Crippen LogP contribution in [0.3, 0.4) is 0 Å². The van der Waals surface area contributed by atoms with Crippen LogP contribution in [0.15, 0.2) is 36.7 Å². The Kier molecular flexibility index (Phi) is 13.0. The molecule has 0 saturated heterocycles. The van der Waals surface area contributed by atoms with E-state index in [4.69, 9.17) is 4.74 Å². The molecule has 0 radical (unpaired) electrons. The number of unbranched alkanes of at least 4 members (excludes halogenated alkanes) is 8. The largest absolute Gasteiger partial charge is 0.487 e. The summed E-state index contributed by atoms with van der Waals surface area (Å²) in [5, 5.41) is 0. The Hall–Kier alpha value is -1.97. The molecule has 0 saturated carbocycles. The van der Waals surface area contributed by atoms with E-state index in [1.165, 1.54) is 56.9 Å². The van der Waals surface area contributed by atoms with E-state index in [1.54, 1.807) is 12.4 Å². The van der Waals surface area contributed by atoms with Crippen molar-refractivity contribution in [3.05, 3.63) is 42.2 Å². The maximum absolute atomic E-state index is 14.2. The van der Waals surface area contributed by atoms with E-state index >= 15 is 0 Å². The monoisotopic (exact) mass is 442 g/mol. The predicted molar refractivity (Wildman–Crippen MR) is 133 cm³/mol. The van der Waals surface area contributed by atoms with Crippen molar-refractivity contribution in [3.8, 4) is 17.1 Å². The van der Waals surface area contributed by atoms with Gasteiger partial charge in [0.1, 0.15) is 12.8 Å². The number of rotatable bonds is 17. The first kappa shape index (κ1) is 26.3. The molecule has 32 heavy (non-hydrogen) atoms. The fourth-order valence-electron chi connectivity index (χ4n) is 3.87. The van der Waals surface area contributed by atoms with Gasteiger partial charge in [0.25, 0.3) is 0 Å². The average molecular weight is 443 g/mol. The molecule has 1 aromatic carbocycles. The quantitative estimate of drug-likeness (QED) is 0.231. The minimum Gasteiger partial charge on any atom is -0.487 e. The van der Waals surface area contributed by atoms with Crippen molar-refractivity contribution in [1.82, 2.24) is 9.97 Å². The third-order valence-corrected chi connectivity index (χ3v) is 6.20. The average Bonchev–Trinajstić information content (AvgIpc) is 2.83. The molecule has 0 amide bonds. The molecule has 0 aliphatic rings. The zero-order valence-electron chi connectivity index (χ0n) is 20.5. The lowest BCUT2D eigenvalue weighted by Crippen LogP contribution is -2.21. The van der Waals surface area contributed by atoms with Crippen LogP contribution in [0.2, 0.25) is 0 Å². The Morgan fingerprint density at radius 2 is 1.41 bits per heavy atom. The number of halogens is 1. The van der Waals surface area contributed by atoms with E-state index in [1.807, 2.05) is 6.92 Å². The third kappa shape index (κ3) is 10.1. The Morgan fingerprint density at radius 1 is 0.812 bits per heavy atom. The lowest BCUT2D eigenvalue weighted by Gasteiger charge is -2.16. The summed E-state index contributed by atoms with van der Waals surface area (Å²) in [6.07, 6.45) is 17.2. The van der Waals surface area contributed by atoms with Crippen LogP contribution in [0.1, 0.15) is 97.0 Å². The van der Waals surface area contributed by atoms with Gasteiger partial charge in [0.15, 0.2) is 11.6 Å². The van der Waals surface area contributed by atoms with Crippen molar-refractivity contribution in [1.29, 1.82) is 0 Å². The van der Waals surface area contributed by atoms with Crippen LogP contribution in [0.5, 0.6) is 5.75 Å². The highest BCUT2D eigenvalue weighted by Crippen LogP contribution is 2.20. The number of hydrogen-bond acceptors (Lipinski definition) is 3. The minimum atomic E-state index is -0.963. The second kappa shape index (κ2) is 15.8. The van der Waals surface area contributed by atoms with Crippen LogP contribution < -0.4 is 4.74 Å². The summed E-state index contributed by atoms with van der Waals surface area (Å²) >= 11 is 0. The number of benzene rings is 1. The highest BCUT2D eigenvalue weighted by molar-refractivity contribution is 5.55. The van der Waals surface area contributed by atoms with Crippen molar-refractivity contribution in [2.24, 2.45) is 5.92 Å². The summed E-state index contributed by atoms with van der Waals surface area (Å²) < 4.78 is 19.8. The van der Waals surface area contributed by atoms with Gasteiger partial charge in [-0.1, -0.05) is 103 Å². The molecular formula is C28H43FN2O. The van der Waals surface area contributed by atoms with Gasteiger partial charge in [0.2, 0.25) is 0 Å². The lowest BCUT2D eigenvalue weighted by atomic mass is 10.00. The summed E-state index contributed by atoms with van der Waals surface area (Å²) in [7, 11) is 0. The number of nitrogens with zero attached hydrogens (tertiary/aromatic N) is 2. The molecule has 3 nitrogen and oxygen atoms in total. The number of ether oxygens (including phenoxy) is 1. The fourth-order valence-corrected chi connectivity index (χ4v) is 3.87. The highest BCUT2D eigenvalue weighted by atomic mass is 19.1. The van der Waals surface area contributed by atoms with Crippen molar-refractivity contribution in [2.75, 3.05) is 6.61 Å². The molecule has 2 aromatic rings. The summed E-state index contributed by atoms with van der Waals surface area (Å²) in [6.45, 7) is 6.39. The van der Waals surface area contributed by atoms with Crippen LogP contribution in [-0.2, 0) is 6.42 Å². The summed E-state index contributed by atoms with van der Waals surface area (Å²) in [5.41, 5.74) is 2.36. The molecular weight excluding hydrogens is 399 g/mol. The maximum Gasteiger partial charge on any atom is 0.159 e. The molecule has 0 bridgehead atoms. The SMILES string of the molecule is CCCCCCCCCCc1ccc(-c2ncc(OCC(F)C(C)CCCC)cn2)cc1.